The Bertz CT molecular complexity index is 191. The molecular weight excluding hydrogens is 142 g/mol. The van der Waals surface area contributed by atoms with E-state index in [1.54, 1.807) is 0 Å². The summed E-state index contributed by atoms with van der Waals surface area (Å²) in [5, 5.41) is 3.07. The molecule has 0 aliphatic heterocycles. The first-order chi connectivity index (χ1) is 4.86. The molecule has 1 aromatic rings. The van der Waals surface area contributed by atoms with Crippen LogP contribution in [0.5, 0.6) is 0 Å². The maximum Gasteiger partial charge on any atom is 0.0340 e. The Balaban J connectivity index is 2.87. The van der Waals surface area contributed by atoms with Crippen molar-refractivity contribution in [3.05, 3.63) is 29.8 Å². The van der Waals surface area contributed by atoms with Crippen molar-refractivity contribution in [2.45, 2.75) is 5.75 Å². The van der Waals surface area contributed by atoms with Gasteiger partial charge in [0, 0.05) is 18.5 Å². The van der Waals surface area contributed by atoms with Crippen LogP contribution in [0.1, 0.15) is 5.56 Å². The van der Waals surface area contributed by atoms with Crippen molar-refractivity contribution in [1.82, 2.24) is 0 Å². The molecule has 10 heavy (non-hydrogen) atoms. The molecule has 0 saturated carbocycles. The van der Waals surface area contributed by atoms with Crippen LogP contribution < -0.4 is 5.32 Å². The van der Waals surface area contributed by atoms with E-state index in [0.29, 0.717) is 0 Å². The van der Waals surface area contributed by atoms with Crippen LogP contribution in [0.2, 0.25) is 0 Å². The number of benzene rings is 1. The molecule has 0 atom stereocenters. The van der Waals surface area contributed by atoms with Crippen LogP contribution in [0.15, 0.2) is 24.3 Å². The number of rotatable bonds is 2. The summed E-state index contributed by atoms with van der Waals surface area (Å²) in [6, 6.07) is 8.21. The summed E-state index contributed by atoms with van der Waals surface area (Å²) >= 11 is 4.17. The first kappa shape index (κ1) is 7.48. The highest BCUT2D eigenvalue weighted by atomic mass is 32.1. The largest absolute Gasteiger partial charge is 0.388 e. The smallest absolute Gasteiger partial charge is 0.0340 e. The van der Waals surface area contributed by atoms with E-state index >= 15 is 0 Å². The zero-order chi connectivity index (χ0) is 7.40. The SMILES string of the molecule is CNc1cccc(CS)c1. The van der Waals surface area contributed by atoms with E-state index in [2.05, 4.69) is 30.1 Å². The van der Waals surface area contributed by atoms with Gasteiger partial charge < -0.3 is 5.32 Å². The summed E-state index contributed by atoms with van der Waals surface area (Å²) in [5.41, 5.74) is 2.39. The Labute approximate surface area is 66.9 Å². The molecule has 0 fully saturated rings. The fourth-order valence-corrected chi connectivity index (χ4v) is 1.02. The third-order valence-corrected chi connectivity index (χ3v) is 1.76. The van der Waals surface area contributed by atoms with Crippen molar-refractivity contribution in [3.63, 3.8) is 0 Å². The minimum Gasteiger partial charge on any atom is -0.388 e. The highest BCUT2D eigenvalue weighted by molar-refractivity contribution is 7.79. The third-order valence-electron chi connectivity index (χ3n) is 1.40. The normalized spacial score (nSPS) is 9.40. The van der Waals surface area contributed by atoms with Crippen LogP contribution in [-0.4, -0.2) is 7.05 Å². The van der Waals surface area contributed by atoms with Gasteiger partial charge in [-0.2, -0.15) is 12.6 Å². The molecule has 0 aliphatic rings. The molecule has 0 unspecified atom stereocenters. The zero-order valence-corrected chi connectivity index (χ0v) is 6.86. The molecule has 1 rings (SSSR count). The second-order valence-electron chi connectivity index (χ2n) is 2.11. The van der Waals surface area contributed by atoms with Crippen LogP contribution in [0, 0.1) is 0 Å². The summed E-state index contributed by atoms with van der Waals surface area (Å²) in [4.78, 5) is 0. The summed E-state index contributed by atoms with van der Waals surface area (Å²) in [6.07, 6.45) is 0. The molecule has 0 saturated heterocycles. The zero-order valence-electron chi connectivity index (χ0n) is 5.96. The van der Waals surface area contributed by atoms with Crippen LogP contribution in [0.4, 0.5) is 5.69 Å². The molecule has 0 radical (unpaired) electrons. The van der Waals surface area contributed by atoms with Gasteiger partial charge in [0.05, 0.1) is 0 Å². The summed E-state index contributed by atoms with van der Waals surface area (Å²) in [6.45, 7) is 0. The molecule has 2 heteroatoms. The van der Waals surface area contributed by atoms with E-state index < -0.39 is 0 Å². The number of nitrogens with one attached hydrogen (secondary N) is 1. The van der Waals surface area contributed by atoms with E-state index in [1.165, 1.54) is 5.56 Å². The number of hydrogen-bond donors (Lipinski definition) is 2. The van der Waals surface area contributed by atoms with E-state index in [0.717, 1.165) is 11.4 Å². The topological polar surface area (TPSA) is 12.0 Å². The lowest BCUT2D eigenvalue weighted by Gasteiger charge is -2.00. The quantitative estimate of drug-likeness (QED) is 0.620. The average molecular weight is 153 g/mol. The van der Waals surface area contributed by atoms with Crippen LogP contribution in [0.3, 0.4) is 0 Å². The number of anilines is 1. The van der Waals surface area contributed by atoms with Crippen molar-refractivity contribution in [2.75, 3.05) is 12.4 Å². The Morgan fingerprint density at radius 1 is 1.50 bits per heavy atom. The Morgan fingerprint density at radius 3 is 2.90 bits per heavy atom. The standard InChI is InChI=1S/C8H11NS/c1-9-8-4-2-3-7(5-8)6-10/h2-5,9-10H,6H2,1H3. The average Bonchev–Trinajstić information content (AvgIpc) is 2.05. The van der Waals surface area contributed by atoms with Gasteiger partial charge in [-0.1, -0.05) is 12.1 Å². The second-order valence-corrected chi connectivity index (χ2v) is 2.42. The molecule has 0 heterocycles. The highest BCUT2D eigenvalue weighted by Gasteiger charge is 1.89. The molecule has 0 aliphatic carbocycles. The lowest BCUT2D eigenvalue weighted by Crippen LogP contribution is -1.87. The lowest BCUT2D eigenvalue weighted by atomic mass is 10.2. The molecule has 0 aromatic heterocycles. The number of thiol groups is 1. The van der Waals surface area contributed by atoms with Crippen molar-refractivity contribution in [3.8, 4) is 0 Å². The van der Waals surface area contributed by atoms with Gasteiger partial charge in [0.2, 0.25) is 0 Å². The summed E-state index contributed by atoms with van der Waals surface area (Å²) < 4.78 is 0. The number of hydrogen-bond acceptors (Lipinski definition) is 2. The Morgan fingerprint density at radius 2 is 2.30 bits per heavy atom. The van der Waals surface area contributed by atoms with Gasteiger partial charge in [0.25, 0.3) is 0 Å². The first-order valence-electron chi connectivity index (χ1n) is 3.24. The van der Waals surface area contributed by atoms with Gasteiger partial charge in [-0.3, -0.25) is 0 Å². The monoisotopic (exact) mass is 153 g/mol. The second kappa shape index (κ2) is 3.52. The summed E-state index contributed by atoms with van der Waals surface area (Å²) in [5.74, 6) is 0.801. The minimum absolute atomic E-state index is 0.801. The molecule has 1 nitrogen and oxygen atoms in total. The van der Waals surface area contributed by atoms with E-state index in [4.69, 9.17) is 0 Å². The minimum atomic E-state index is 0.801. The maximum atomic E-state index is 4.17. The Hall–Kier alpha value is -0.630. The van der Waals surface area contributed by atoms with E-state index in [1.807, 2.05) is 19.2 Å². The summed E-state index contributed by atoms with van der Waals surface area (Å²) in [7, 11) is 1.91. The predicted molar refractivity (Wildman–Crippen MR) is 48.7 cm³/mol. The molecule has 1 N–H and O–H groups in total. The van der Waals surface area contributed by atoms with Crippen molar-refractivity contribution in [2.24, 2.45) is 0 Å². The molecule has 0 spiro atoms. The Kier molecular flexibility index (Phi) is 2.63. The molecule has 54 valence electrons. The van der Waals surface area contributed by atoms with Crippen LogP contribution in [-0.2, 0) is 5.75 Å². The van der Waals surface area contributed by atoms with Crippen molar-refractivity contribution < 1.29 is 0 Å². The first-order valence-corrected chi connectivity index (χ1v) is 3.87. The van der Waals surface area contributed by atoms with Gasteiger partial charge in [0.15, 0.2) is 0 Å². The third kappa shape index (κ3) is 1.67. The van der Waals surface area contributed by atoms with Gasteiger partial charge in [0.1, 0.15) is 0 Å². The van der Waals surface area contributed by atoms with Gasteiger partial charge in [-0.15, -0.1) is 0 Å². The fourth-order valence-electron chi connectivity index (χ4n) is 0.825. The van der Waals surface area contributed by atoms with Crippen molar-refractivity contribution >= 4 is 18.3 Å². The molecular formula is C8H11NS. The lowest BCUT2D eigenvalue weighted by molar-refractivity contribution is 1.40. The highest BCUT2D eigenvalue weighted by Crippen LogP contribution is 2.10. The fraction of sp³-hybridized carbons (Fsp3) is 0.250. The van der Waals surface area contributed by atoms with Crippen molar-refractivity contribution in [1.29, 1.82) is 0 Å². The molecule has 0 bridgehead atoms. The van der Waals surface area contributed by atoms with Crippen LogP contribution in [0.25, 0.3) is 0 Å². The van der Waals surface area contributed by atoms with Gasteiger partial charge in [-0.05, 0) is 17.7 Å². The van der Waals surface area contributed by atoms with Gasteiger partial charge >= 0.3 is 0 Å². The molecule has 1 aromatic carbocycles. The van der Waals surface area contributed by atoms with E-state index in [9.17, 15) is 0 Å². The predicted octanol–water partition coefficient (Wildman–Crippen LogP) is 2.16. The molecule has 0 amide bonds. The maximum absolute atomic E-state index is 4.17. The van der Waals surface area contributed by atoms with E-state index in [-0.39, 0.29) is 0 Å². The van der Waals surface area contributed by atoms with Crippen LogP contribution >= 0.6 is 12.6 Å². The van der Waals surface area contributed by atoms with Gasteiger partial charge in [-0.25, -0.2) is 0 Å².